The van der Waals surface area contributed by atoms with Crippen LogP contribution in [0.1, 0.15) is 45.7 Å². The molecule has 0 saturated heterocycles. The lowest BCUT2D eigenvalue weighted by Crippen LogP contribution is -2.42. The van der Waals surface area contributed by atoms with E-state index < -0.39 is 0 Å². The molecule has 1 aromatic rings. The van der Waals surface area contributed by atoms with Gasteiger partial charge in [-0.2, -0.15) is 0 Å². The summed E-state index contributed by atoms with van der Waals surface area (Å²) in [5.41, 5.74) is 0.964. The lowest BCUT2D eigenvalue weighted by Gasteiger charge is -2.34. The van der Waals surface area contributed by atoms with E-state index in [0.717, 1.165) is 5.56 Å². The predicted octanol–water partition coefficient (Wildman–Crippen LogP) is 2.84. The summed E-state index contributed by atoms with van der Waals surface area (Å²) in [4.78, 5) is 0. The monoisotopic (exact) mass is 251 g/mol. The molecule has 0 fully saturated rings. The van der Waals surface area contributed by atoms with E-state index in [0.29, 0.717) is 12.2 Å². The van der Waals surface area contributed by atoms with Crippen molar-refractivity contribution >= 4 is 0 Å². The van der Waals surface area contributed by atoms with Crippen LogP contribution < -0.4 is 5.32 Å². The van der Waals surface area contributed by atoms with E-state index in [1.54, 1.807) is 6.07 Å². The summed E-state index contributed by atoms with van der Waals surface area (Å²) in [5, 5.41) is 22.5. The molecule has 0 aliphatic heterocycles. The highest BCUT2D eigenvalue weighted by Gasteiger charge is 2.26. The molecular weight excluding hydrogens is 226 g/mol. The topological polar surface area (TPSA) is 52.5 Å². The zero-order valence-electron chi connectivity index (χ0n) is 11.8. The summed E-state index contributed by atoms with van der Waals surface area (Å²) in [6.45, 7) is 8.65. The average molecular weight is 251 g/mol. The molecule has 0 aromatic heterocycles. The molecule has 0 aliphatic rings. The van der Waals surface area contributed by atoms with Crippen LogP contribution in [0.15, 0.2) is 24.3 Å². The van der Waals surface area contributed by atoms with Crippen molar-refractivity contribution in [2.45, 2.75) is 46.2 Å². The van der Waals surface area contributed by atoms with Crippen LogP contribution in [0.4, 0.5) is 0 Å². The first kappa shape index (κ1) is 15.0. The number of aliphatic hydroxyl groups excluding tert-OH is 1. The maximum atomic E-state index is 9.84. The Kier molecular flexibility index (Phi) is 5.17. The summed E-state index contributed by atoms with van der Waals surface area (Å²) in [7, 11) is 0. The quantitative estimate of drug-likeness (QED) is 0.754. The Balaban J connectivity index is 2.79. The van der Waals surface area contributed by atoms with Crippen LogP contribution in [0.25, 0.3) is 0 Å². The molecule has 0 spiro atoms. The van der Waals surface area contributed by atoms with Gasteiger partial charge in [0.2, 0.25) is 0 Å². The molecule has 3 heteroatoms. The van der Waals surface area contributed by atoms with E-state index in [1.165, 1.54) is 0 Å². The number of rotatable bonds is 5. The van der Waals surface area contributed by atoms with Crippen LogP contribution in [-0.2, 0) is 0 Å². The molecule has 18 heavy (non-hydrogen) atoms. The number of hydrogen-bond donors (Lipinski definition) is 3. The van der Waals surface area contributed by atoms with E-state index in [-0.39, 0.29) is 24.1 Å². The molecule has 3 N–H and O–H groups in total. The Morgan fingerprint density at radius 3 is 2.33 bits per heavy atom. The Morgan fingerprint density at radius 2 is 1.83 bits per heavy atom. The number of hydrogen-bond acceptors (Lipinski definition) is 3. The zero-order valence-corrected chi connectivity index (χ0v) is 11.8. The smallest absolute Gasteiger partial charge is 0.120 e. The molecule has 102 valence electrons. The van der Waals surface area contributed by atoms with Gasteiger partial charge in [-0.15, -0.1) is 0 Å². The van der Waals surface area contributed by atoms with Crippen LogP contribution in [-0.4, -0.2) is 22.9 Å². The highest BCUT2D eigenvalue weighted by molar-refractivity contribution is 5.34. The Hall–Kier alpha value is -1.06. The van der Waals surface area contributed by atoms with Gasteiger partial charge >= 0.3 is 0 Å². The second-order valence-electron chi connectivity index (χ2n) is 5.88. The summed E-state index contributed by atoms with van der Waals surface area (Å²) in [6, 6.07) is 7.63. The lowest BCUT2D eigenvalue weighted by molar-refractivity contribution is 0.187. The van der Waals surface area contributed by atoms with Gasteiger partial charge in [-0.1, -0.05) is 39.0 Å². The van der Waals surface area contributed by atoms with Gasteiger partial charge in [-0.25, -0.2) is 0 Å². The van der Waals surface area contributed by atoms with Crippen molar-refractivity contribution in [3.8, 4) is 5.75 Å². The van der Waals surface area contributed by atoms with Gasteiger partial charge in [0.25, 0.3) is 0 Å². The molecule has 3 nitrogen and oxygen atoms in total. The number of phenols is 1. The maximum absolute atomic E-state index is 9.84. The second-order valence-corrected chi connectivity index (χ2v) is 5.88. The molecule has 0 saturated carbocycles. The number of benzene rings is 1. The molecule has 2 unspecified atom stereocenters. The van der Waals surface area contributed by atoms with Crippen molar-refractivity contribution in [2.24, 2.45) is 5.41 Å². The average Bonchev–Trinajstić information content (AvgIpc) is 2.27. The lowest BCUT2D eigenvalue weighted by atomic mass is 9.84. The van der Waals surface area contributed by atoms with Crippen molar-refractivity contribution in [3.63, 3.8) is 0 Å². The number of aromatic hydroxyl groups is 1. The number of para-hydroxylation sites is 1. The predicted molar refractivity (Wildman–Crippen MR) is 74.6 cm³/mol. The van der Waals surface area contributed by atoms with Crippen LogP contribution in [0.3, 0.4) is 0 Å². The summed E-state index contributed by atoms with van der Waals surface area (Å²) in [6.07, 6.45) is 0.710. The minimum atomic E-state index is 0.0574. The summed E-state index contributed by atoms with van der Waals surface area (Å²) in [5.74, 6) is 0.314. The van der Waals surface area contributed by atoms with Crippen molar-refractivity contribution in [3.05, 3.63) is 29.8 Å². The fourth-order valence-electron chi connectivity index (χ4n) is 2.14. The van der Waals surface area contributed by atoms with E-state index in [2.05, 4.69) is 26.1 Å². The normalized spacial score (nSPS) is 15.4. The minimum Gasteiger partial charge on any atom is -0.508 e. The van der Waals surface area contributed by atoms with E-state index in [9.17, 15) is 5.11 Å². The van der Waals surface area contributed by atoms with Crippen LogP contribution in [0.5, 0.6) is 5.75 Å². The first-order valence-electron chi connectivity index (χ1n) is 6.51. The Labute approximate surface area is 110 Å². The Bertz CT molecular complexity index is 371. The molecule has 0 bridgehead atoms. The molecule has 1 rings (SSSR count). The van der Waals surface area contributed by atoms with Crippen molar-refractivity contribution in [1.82, 2.24) is 5.32 Å². The standard InChI is InChI=1S/C15H25NO2/c1-11(12-7-5-6-8-13(12)18)16-14(9-10-17)15(2,3)4/h5-8,11,14,16-18H,9-10H2,1-4H3. The van der Waals surface area contributed by atoms with Gasteiger partial charge in [0.15, 0.2) is 0 Å². The van der Waals surface area contributed by atoms with E-state index >= 15 is 0 Å². The van der Waals surface area contributed by atoms with Crippen molar-refractivity contribution in [2.75, 3.05) is 6.61 Å². The summed E-state index contributed by atoms with van der Waals surface area (Å²) < 4.78 is 0. The fourth-order valence-corrected chi connectivity index (χ4v) is 2.14. The van der Waals surface area contributed by atoms with Crippen molar-refractivity contribution in [1.29, 1.82) is 0 Å². The Morgan fingerprint density at radius 1 is 1.22 bits per heavy atom. The van der Waals surface area contributed by atoms with Gasteiger partial charge in [-0.3, -0.25) is 0 Å². The molecule has 0 aliphatic carbocycles. The third-order valence-corrected chi connectivity index (χ3v) is 3.32. The third-order valence-electron chi connectivity index (χ3n) is 3.32. The van der Waals surface area contributed by atoms with E-state index in [1.807, 2.05) is 25.1 Å². The van der Waals surface area contributed by atoms with Gasteiger partial charge in [0.05, 0.1) is 0 Å². The second kappa shape index (κ2) is 6.21. The van der Waals surface area contributed by atoms with Gasteiger partial charge < -0.3 is 15.5 Å². The van der Waals surface area contributed by atoms with Crippen LogP contribution in [0.2, 0.25) is 0 Å². The van der Waals surface area contributed by atoms with Gasteiger partial charge in [0, 0.05) is 24.3 Å². The largest absolute Gasteiger partial charge is 0.508 e. The number of aliphatic hydroxyl groups is 1. The van der Waals surface area contributed by atoms with E-state index in [4.69, 9.17) is 5.11 Å². The highest BCUT2D eigenvalue weighted by atomic mass is 16.3. The van der Waals surface area contributed by atoms with Gasteiger partial charge in [0.1, 0.15) is 5.75 Å². The molecule has 1 aromatic carbocycles. The minimum absolute atomic E-state index is 0.0574. The molecule has 0 heterocycles. The maximum Gasteiger partial charge on any atom is 0.120 e. The third kappa shape index (κ3) is 4.00. The van der Waals surface area contributed by atoms with Crippen LogP contribution in [0, 0.1) is 5.41 Å². The zero-order chi connectivity index (χ0) is 13.8. The first-order chi connectivity index (χ1) is 8.36. The number of nitrogens with one attached hydrogen (secondary N) is 1. The molecule has 0 radical (unpaired) electrons. The first-order valence-corrected chi connectivity index (χ1v) is 6.51. The van der Waals surface area contributed by atoms with Crippen LogP contribution >= 0.6 is 0 Å². The summed E-state index contributed by atoms with van der Waals surface area (Å²) >= 11 is 0. The molecule has 2 atom stereocenters. The number of phenolic OH excluding ortho intramolecular Hbond substituents is 1. The SMILES string of the molecule is CC(NC(CCO)C(C)(C)C)c1ccccc1O. The molecule has 0 amide bonds. The van der Waals surface area contributed by atoms with Crippen molar-refractivity contribution < 1.29 is 10.2 Å². The molecular formula is C15H25NO2. The fraction of sp³-hybridized carbons (Fsp3) is 0.600. The van der Waals surface area contributed by atoms with Gasteiger partial charge in [-0.05, 0) is 24.8 Å². The highest BCUT2D eigenvalue weighted by Crippen LogP contribution is 2.28.